The molecule has 3 N–H and O–H groups in total. The van der Waals surface area contributed by atoms with Crippen LogP contribution in [-0.4, -0.2) is 24.3 Å². The number of carboxylic acid groups (broad SMARTS) is 1. The van der Waals surface area contributed by atoms with Crippen LogP contribution in [0.15, 0.2) is 18.2 Å². The first-order chi connectivity index (χ1) is 8.13. The van der Waals surface area contributed by atoms with Crippen molar-refractivity contribution in [2.75, 3.05) is 18.4 Å². The Morgan fingerprint density at radius 1 is 1.47 bits per heavy atom. The first kappa shape index (κ1) is 12.8. The summed E-state index contributed by atoms with van der Waals surface area (Å²) in [6.45, 7) is 0.753. The maximum Gasteiger partial charge on any atom is 0.404 e. The minimum absolute atomic E-state index is 0.264. The highest BCUT2D eigenvalue weighted by Crippen LogP contribution is 2.14. The monoisotopic (exact) mass is 237 g/mol. The van der Waals surface area contributed by atoms with Gasteiger partial charge < -0.3 is 15.7 Å². The van der Waals surface area contributed by atoms with Crippen LogP contribution in [0.5, 0.6) is 0 Å². The van der Waals surface area contributed by atoms with Crippen molar-refractivity contribution in [3.8, 4) is 6.07 Å². The molecule has 0 aliphatic carbocycles. The van der Waals surface area contributed by atoms with Crippen LogP contribution in [0.3, 0.4) is 0 Å². The smallest absolute Gasteiger partial charge is 0.404 e. The number of nitriles is 1. The molecule has 0 aromatic heterocycles. The Balaban J connectivity index is 2.37. The third kappa shape index (κ3) is 4.38. The van der Waals surface area contributed by atoms with E-state index in [2.05, 4.69) is 10.6 Å². The van der Waals surface area contributed by atoms with Gasteiger partial charge in [-0.2, -0.15) is 5.26 Å². The zero-order valence-electron chi connectivity index (χ0n) is 9.03. The molecule has 0 unspecified atom stereocenters. The molecule has 1 aromatic rings. The summed E-state index contributed by atoms with van der Waals surface area (Å²) >= 11 is 0. The standard InChI is InChI=1S/C11H12FN3O2/c12-9-6-8(7-13)2-3-10(9)14-4-1-5-15-11(16)17/h2-3,6,14-15H,1,4-5H2,(H,16,17). The van der Waals surface area contributed by atoms with Crippen LogP contribution in [0.4, 0.5) is 14.9 Å². The average Bonchev–Trinajstić information content (AvgIpc) is 2.30. The van der Waals surface area contributed by atoms with E-state index in [0.717, 1.165) is 6.07 Å². The van der Waals surface area contributed by atoms with Gasteiger partial charge in [0.2, 0.25) is 0 Å². The normalized spacial score (nSPS) is 9.41. The second-order valence-corrected chi connectivity index (χ2v) is 3.32. The first-order valence-corrected chi connectivity index (χ1v) is 5.04. The first-order valence-electron chi connectivity index (χ1n) is 5.04. The number of nitrogens with one attached hydrogen (secondary N) is 2. The van der Waals surface area contributed by atoms with Gasteiger partial charge in [0.05, 0.1) is 17.3 Å². The van der Waals surface area contributed by atoms with Crippen LogP contribution >= 0.6 is 0 Å². The van der Waals surface area contributed by atoms with E-state index in [4.69, 9.17) is 10.4 Å². The van der Waals surface area contributed by atoms with Crippen molar-refractivity contribution in [1.29, 1.82) is 5.26 Å². The number of rotatable bonds is 5. The maximum atomic E-state index is 13.4. The van der Waals surface area contributed by atoms with Crippen molar-refractivity contribution in [3.63, 3.8) is 0 Å². The quantitative estimate of drug-likeness (QED) is 0.681. The van der Waals surface area contributed by atoms with Gasteiger partial charge in [-0.3, -0.25) is 0 Å². The Kier molecular flexibility index (Phi) is 4.76. The molecule has 0 radical (unpaired) electrons. The predicted molar refractivity (Wildman–Crippen MR) is 60.2 cm³/mol. The zero-order chi connectivity index (χ0) is 12.7. The van der Waals surface area contributed by atoms with Crippen molar-refractivity contribution in [2.24, 2.45) is 0 Å². The van der Waals surface area contributed by atoms with Crippen molar-refractivity contribution >= 4 is 11.8 Å². The molecule has 1 rings (SSSR count). The molecule has 0 saturated heterocycles. The highest BCUT2D eigenvalue weighted by atomic mass is 19.1. The highest BCUT2D eigenvalue weighted by molar-refractivity contribution is 5.64. The van der Waals surface area contributed by atoms with Gasteiger partial charge in [-0.05, 0) is 24.6 Å². The number of anilines is 1. The van der Waals surface area contributed by atoms with Gasteiger partial charge in [-0.15, -0.1) is 0 Å². The van der Waals surface area contributed by atoms with E-state index in [1.807, 2.05) is 6.07 Å². The van der Waals surface area contributed by atoms with Crippen molar-refractivity contribution in [1.82, 2.24) is 5.32 Å². The highest BCUT2D eigenvalue weighted by Gasteiger charge is 2.02. The fourth-order valence-corrected chi connectivity index (χ4v) is 1.23. The number of nitrogens with zero attached hydrogens (tertiary/aromatic N) is 1. The van der Waals surface area contributed by atoms with Crippen LogP contribution < -0.4 is 10.6 Å². The van der Waals surface area contributed by atoms with Crippen molar-refractivity contribution in [2.45, 2.75) is 6.42 Å². The van der Waals surface area contributed by atoms with Gasteiger partial charge in [0.15, 0.2) is 0 Å². The van der Waals surface area contributed by atoms with Crippen LogP contribution in [0.2, 0.25) is 0 Å². The maximum absolute atomic E-state index is 13.4. The minimum atomic E-state index is -1.07. The molecule has 17 heavy (non-hydrogen) atoms. The Hall–Kier alpha value is -2.29. The lowest BCUT2D eigenvalue weighted by molar-refractivity contribution is 0.194. The summed E-state index contributed by atoms with van der Waals surface area (Å²) < 4.78 is 13.4. The van der Waals surface area contributed by atoms with Gasteiger partial charge in [0.1, 0.15) is 5.82 Å². The van der Waals surface area contributed by atoms with Gasteiger partial charge >= 0.3 is 6.09 Å². The fraction of sp³-hybridized carbons (Fsp3) is 0.273. The summed E-state index contributed by atoms with van der Waals surface area (Å²) in [5.41, 5.74) is 0.569. The molecule has 1 aromatic carbocycles. The summed E-state index contributed by atoms with van der Waals surface area (Å²) in [7, 11) is 0. The molecule has 0 heterocycles. The number of amides is 1. The van der Waals surface area contributed by atoms with E-state index >= 15 is 0 Å². The van der Waals surface area contributed by atoms with Crippen LogP contribution in [0.1, 0.15) is 12.0 Å². The van der Waals surface area contributed by atoms with Gasteiger partial charge in [-0.25, -0.2) is 9.18 Å². The number of benzene rings is 1. The predicted octanol–water partition coefficient (Wildman–Crippen LogP) is 1.77. The van der Waals surface area contributed by atoms with E-state index in [-0.39, 0.29) is 5.56 Å². The third-order valence-corrected chi connectivity index (χ3v) is 2.04. The number of hydrogen-bond donors (Lipinski definition) is 3. The Morgan fingerprint density at radius 3 is 2.82 bits per heavy atom. The molecule has 0 atom stereocenters. The average molecular weight is 237 g/mol. The molecular formula is C11H12FN3O2. The molecule has 0 fully saturated rings. The summed E-state index contributed by atoms with van der Waals surface area (Å²) in [4.78, 5) is 10.1. The third-order valence-electron chi connectivity index (χ3n) is 2.04. The number of hydrogen-bond acceptors (Lipinski definition) is 3. The molecular weight excluding hydrogens is 225 g/mol. The van der Waals surface area contributed by atoms with E-state index in [0.29, 0.717) is 25.2 Å². The summed E-state index contributed by atoms with van der Waals surface area (Å²) in [5, 5.41) is 21.9. The minimum Gasteiger partial charge on any atom is -0.465 e. The van der Waals surface area contributed by atoms with Gasteiger partial charge in [0, 0.05) is 13.1 Å². The molecule has 0 aliphatic rings. The van der Waals surface area contributed by atoms with E-state index in [9.17, 15) is 9.18 Å². The molecule has 90 valence electrons. The van der Waals surface area contributed by atoms with E-state index in [1.54, 1.807) is 0 Å². The second-order valence-electron chi connectivity index (χ2n) is 3.32. The number of halogens is 1. The lowest BCUT2D eigenvalue weighted by Crippen LogP contribution is -2.23. The zero-order valence-corrected chi connectivity index (χ0v) is 9.03. The summed E-state index contributed by atoms with van der Waals surface area (Å²) in [6, 6.07) is 5.99. The summed E-state index contributed by atoms with van der Waals surface area (Å²) in [5.74, 6) is -0.491. The van der Waals surface area contributed by atoms with Gasteiger partial charge in [0.25, 0.3) is 0 Å². The lowest BCUT2D eigenvalue weighted by Gasteiger charge is -2.07. The molecule has 5 nitrogen and oxygen atoms in total. The molecule has 0 bridgehead atoms. The van der Waals surface area contributed by atoms with Gasteiger partial charge in [-0.1, -0.05) is 0 Å². The van der Waals surface area contributed by atoms with Crippen LogP contribution in [0.25, 0.3) is 0 Å². The molecule has 0 aliphatic heterocycles. The second kappa shape index (κ2) is 6.33. The SMILES string of the molecule is N#Cc1ccc(NCCCNC(=O)O)c(F)c1. The molecule has 0 spiro atoms. The fourth-order valence-electron chi connectivity index (χ4n) is 1.23. The molecule has 1 amide bonds. The topological polar surface area (TPSA) is 85.2 Å². The van der Waals surface area contributed by atoms with Crippen LogP contribution in [0, 0.1) is 17.1 Å². The Labute approximate surface area is 97.9 Å². The van der Waals surface area contributed by atoms with Crippen molar-refractivity contribution < 1.29 is 14.3 Å². The van der Waals surface area contributed by atoms with Crippen molar-refractivity contribution in [3.05, 3.63) is 29.6 Å². The van der Waals surface area contributed by atoms with E-state index in [1.165, 1.54) is 12.1 Å². The Bertz CT molecular complexity index is 443. The molecule has 6 heteroatoms. The van der Waals surface area contributed by atoms with Crippen LogP contribution in [-0.2, 0) is 0 Å². The summed E-state index contributed by atoms with van der Waals surface area (Å²) in [6.07, 6.45) is -0.527. The molecule has 0 saturated carbocycles. The largest absolute Gasteiger partial charge is 0.465 e. The number of carbonyl (C=O) groups is 1. The Morgan fingerprint density at radius 2 is 2.24 bits per heavy atom. The van der Waals surface area contributed by atoms with E-state index < -0.39 is 11.9 Å². The lowest BCUT2D eigenvalue weighted by atomic mass is 10.2.